The molecule has 2 N–H and O–H groups in total. The van der Waals surface area contributed by atoms with Gasteiger partial charge in [-0.3, -0.25) is 4.79 Å². The lowest BCUT2D eigenvalue weighted by atomic mass is 10.0. The summed E-state index contributed by atoms with van der Waals surface area (Å²) in [5, 5.41) is 4.95. The van der Waals surface area contributed by atoms with Gasteiger partial charge in [0.15, 0.2) is 0 Å². The van der Waals surface area contributed by atoms with Gasteiger partial charge >= 0.3 is 0 Å². The van der Waals surface area contributed by atoms with Crippen LogP contribution in [0.5, 0.6) is 0 Å². The Labute approximate surface area is 127 Å². The van der Waals surface area contributed by atoms with Crippen molar-refractivity contribution < 1.29 is 4.79 Å². The number of hydrogen-bond donors (Lipinski definition) is 1. The van der Waals surface area contributed by atoms with Crippen molar-refractivity contribution in [3.05, 3.63) is 41.0 Å². The maximum atomic E-state index is 11.9. The van der Waals surface area contributed by atoms with Crippen LogP contribution in [0.25, 0.3) is 11.3 Å². The van der Waals surface area contributed by atoms with Gasteiger partial charge in [-0.05, 0) is 32.0 Å². The highest BCUT2D eigenvalue weighted by Crippen LogP contribution is 2.25. The van der Waals surface area contributed by atoms with E-state index < -0.39 is 5.54 Å². The van der Waals surface area contributed by atoms with Gasteiger partial charge in [0.25, 0.3) is 5.91 Å². The lowest BCUT2D eigenvalue weighted by Gasteiger charge is -2.18. The molecule has 0 saturated carbocycles. The van der Waals surface area contributed by atoms with Crippen LogP contribution in [0.4, 0.5) is 0 Å². The van der Waals surface area contributed by atoms with E-state index in [1.165, 1.54) is 4.68 Å². The van der Waals surface area contributed by atoms with Crippen molar-refractivity contribution >= 4 is 29.1 Å². The van der Waals surface area contributed by atoms with E-state index >= 15 is 0 Å². The SMILES string of the molecule is CC(C)(N)c1cc(-c2ccc(Cl)cc2)nn1C(=O)CCl. The van der Waals surface area contributed by atoms with Gasteiger partial charge in [0.05, 0.1) is 16.9 Å². The summed E-state index contributed by atoms with van der Waals surface area (Å²) in [7, 11) is 0. The molecule has 1 heterocycles. The first-order valence-electron chi connectivity index (χ1n) is 6.07. The molecule has 2 rings (SSSR count). The molecule has 106 valence electrons. The van der Waals surface area contributed by atoms with Crippen LogP contribution in [0.15, 0.2) is 30.3 Å². The van der Waals surface area contributed by atoms with Gasteiger partial charge in [-0.25, -0.2) is 4.68 Å². The highest BCUT2D eigenvalue weighted by Gasteiger charge is 2.24. The van der Waals surface area contributed by atoms with Crippen LogP contribution < -0.4 is 5.73 Å². The van der Waals surface area contributed by atoms with Crippen LogP contribution in [-0.4, -0.2) is 21.6 Å². The summed E-state index contributed by atoms with van der Waals surface area (Å²) in [5.41, 5.74) is 7.53. The predicted molar refractivity (Wildman–Crippen MR) is 81.2 cm³/mol. The molecular formula is C14H15Cl2N3O. The van der Waals surface area contributed by atoms with E-state index in [2.05, 4.69) is 5.10 Å². The summed E-state index contributed by atoms with van der Waals surface area (Å²) >= 11 is 11.5. The zero-order valence-electron chi connectivity index (χ0n) is 11.2. The third kappa shape index (κ3) is 3.03. The van der Waals surface area contributed by atoms with E-state index in [4.69, 9.17) is 28.9 Å². The molecule has 20 heavy (non-hydrogen) atoms. The first-order chi connectivity index (χ1) is 9.32. The third-order valence-corrected chi connectivity index (χ3v) is 3.34. The molecule has 0 aliphatic carbocycles. The van der Waals surface area contributed by atoms with Gasteiger partial charge in [0.1, 0.15) is 5.88 Å². The molecule has 0 unspecified atom stereocenters. The fourth-order valence-corrected chi connectivity index (χ4v) is 2.09. The van der Waals surface area contributed by atoms with Crippen LogP contribution in [0, 0.1) is 0 Å². The maximum absolute atomic E-state index is 11.9. The Bertz CT molecular complexity index is 627. The molecular weight excluding hydrogens is 297 g/mol. The second-order valence-electron chi connectivity index (χ2n) is 5.08. The van der Waals surface area contributed by atoms with E-state index in [0.717, 1.165) is 5.56 Å². The van der Waals surface area contributed by atoms with Crippen molar-refractivity contribution in [1.29, 1.82) is 0 Å². The first-order valence-corrected chi connectivity index (χ1v) is 6.98. The molecule has 0 aliphatic rings. The maximum Gasteiger partial charge on any atom is 0.262 e. The van der Waals surface area contributed by atoms with Gasteiger partial charge < -0.3 is 5.73 Å². The highest BCUT2D eigenvalue weighted by molar-refractivity contribution is 6.30. The molecule has 2 aromatic rings. The van der Waals surface area contributed by atoms with Crippen LogP contribution >= 0.6 is 23.2 Å². The zero-order valence-corrected chi connectivity index (χ0v) is 12.7. The standard InChI is InChI=1S/C14H15Cl2N3O/c1-14(2,17)12-7-11(18-19(12)13(20)8-15)9-3-5-10(16)6-4-9/h3-7H,8,17H2,1-2H3. The van der Waals surface area contributed by atoms with Crippen LogP contribution in [0.2, 0.25) is 5.02 Å². The van der Waals surface area contributed by atoms with Gasteiger partial charge in [-0.2, -0.15) is 5.10 Å². The molecule has 1 aromatic carbocycles. The quantitative estimate of drug-likeness (QED) is 0.885. The molecule has 0 atom stereocenters. The minimum atomic E-state index is -0.695. The number of carbonyl (C=O) groups is 1. The highest BCUT2D eigenvalue weighted by atomic mass is 35.5. The van der Waals surface area contributed by atoms with E-state index in [1.54, 1.807) is 18.2 Å². The lowest BCUT2D eigenvalue weighted by Crippen LogP contribution is -2.34. The Hall–Kier alpha value is -1.36. The van der Waals surface area contributed by atoms with Crippen molar-refractivity contribution in [2.24, 2.45) is 5.73 Å². The van der Waals surface area contributed by atoms with Gasteiger partial charge in [-0.15, -0.1) is 11.6 Å². The third-order valence-electron chi connectivity index (χ3n) is 2.86. The van der Waals surface area contributed by atoms with Crippen LogP contribution in [0.3, 0.4) is 0 Å². The molecule has 0 radical (unpaired) electrons. The predicted octanol–water partition coefficient (Wildman–Crippen LogP) is 3.28. The summed E-state index contributed by atoms with van der Waals surface area (Å²) < 4.78 is 1.27. The molecule has 0 aliphatic heterocycles. The van der Waals surface area contributed by atoms with E-state index in [1.807, 2.05) is 26.0 Å². The minimum absolute atomic E-state index is 0.148. The Kier molecular flexibility index (Phi) is 4.18. The van der Waals surface area contributed by atoms with E-state index in [-0.39, 0.29) is 11.8 Å². The second kappa shape index (κ2) is 5.56. The second-order valence-corrected chi connectivity index (χ2v) is 5.79. The fourth-order valence-electron chi connectivity index (χ4n) is 1.85. The monoisotopic (exact) mass is 311 g/mol. The van der Waals surface area contributed by atoms with Gasteiger partial charge in [-0.1, -0.05) is 23.7 Å². The van der Waals surface area contributed by atoms with Gasteiger partial charge in [0, 0.05) is 10.6 Å². The molecule has 0 amide bonds. The average Bonchev–Trinajstić information content (AvgIpc) is 2.83. The number of aromatic nitrogens is 2. The number of benzene rings is 1. The number of alkyl halides is 1. The van der Waals surface area contributed by atoms with Crippen molar-refractivity contribution in [1.82, 2.24) is 9.78 Å². The summed E-state index contributed by atoms with van der Waals surface area (Å²) in [4.78, 5) is 11.9. The Balaban J connectivity index is 2.54. The number of halogens is 2. The van der Waals surface area contributed by atoms with Crippen LogP contribution in [0.1, 0.15) is 24.3 Å². The van der Waals surface area contributed by atoms with E-state index in [0.29, 0.717) is 16.4 Å². The Morgan fingerprint density at radius 2 is 1.95 bits per heavy atom. The molecule has 0 saturated heterocycles. The summed E-state index contributed by atoms with van der Waals surface area (Å²) in [6.45, 7) is 3.63. The normalized spacial score (nSPS) is 11.7. The molecule has 0 fully saturated rings. The zero-order chi connectivity index (χ0) is 14.9. The largest absolute Gasteiger partial charge is 0.321 e. The number of rotatable bonds is 3. The topological polar surface area (TPSA) is 60.9 Å². The van der Waals surface area contributed by atoms with Crippen molar-refractivity contribution in [3.8, 4) is 11.3 Å². The summed E-state index contributed by atoms with van der Waals surface area (Å²) in [5.74, 6) is -0.453. The lowest BCUT2D eigenvalue weighted by molar-refractivity contribution is 0.0917. The van der Waals surface area contributed by atoms with Crippen LogP contribution in [-0.2, 0) is 5.54 Å². The van der Waals surface area contributed by atoms with Crippen molar-refractivity contribution in [3.63, 3.8) is 0 Å². The summed E-state index contributed by atoms with van der Waals surface area (Å²) in [6, 6.07) is 9.02. The Morgan fingerprint density at radius 1 is 1.35 bits per heavy atom. The number of hydrogen-bond acceptors (Lipinski definition) is 3. The van der Waals surface area contributed by atoms with Crippen molar-refractivity contribution in [2.45, 2.75) is 19.4 Å². The Morgan fingerprint density at radius 3 is 2.45 bits per heavy atom. The molecule has 0 spiro atoms. The molecule has 6 heteroatoms. The number of nitrogens with two attached hydrogens (primary N) is 1. The molecule has 0 bridgehead atoms. The smallest absolute Gasteiger partial charge is 0.262 e. The van der Waals surface area contributed by atoms with E-state index in [9.17, 15) is 4.79 Å². The number of nitrogens with zero attached hydrogens (tertiary/aromatic N) is 2. The minimum Gasteiger partial charge on any atom is -0.321 e. The van der Waals surface area contributed by atoms with Crippen molar-refractivity contribution in [2.75, 3.05) is 5.88 Å². The fraction of sp³-hybridized carbons (Fsp3) is 0.286. The molecule has 4 nitrogen and oxygen atoms in total. The average molecular weight is 312 g/mol. The summed E-state index contributed by atoms with van der Waals surface area (Å²) in [6.07, 6.45) is 0. The first kappa shape index (κ1) is 15.0. The van der Waals surface area contributed by atoms with Gasteiger partial charge in [0.2, 0.25) is 0 Å². The number of carbonyl (C=O) groups excluding carboxylic acids is 1. The molecule has 1 aromatic heterocycles.